The number of rotatable bonds is 5. The average Bonchev–Trinajstić information content (AvgIpc) is 2.77. The first-order valence-corrected chi connectivity index (χ1v) is 5.62. The van der Waals surface area contributed by atoms with Crippen LogP contribution in [0, 0.1) is 0 Å². The third kappa shape index (κ3) is 2.52. The Kier molecular flexibility index (Phi) is 3.41. The third-order valence-corrected chi connectivity index (χ3v) is 2.97. The van der Waals surface area contributed by atoms with E-state index in [2.05, 4.69) is 4.98 Å². The number of aromatic nitrogens is 1. The number of nitrogens with one attached hydrogen (secondary N) is 1. The van der Waals surface area contributed by atoms with Gasteiger partial charge in [0.25, 0.3) is 0 Å². The summed E-state index contributed by atoms with van der Waals surface area (Å²) in [5, 5.41) is 18.6. The second-order valence-electron chi connectivity index (χ2n) is 4.14. The molecule has 3 N–H and O–H groups in total. The number of aliphatic carboxylic acids is 2. The van der Waals surface area contributed by atoms with Crippen LogP contribution in [0.2, 0.25) is 0 Å². The Morgan fingerprint density at radius 3 is 2.68 bits per heavy atom. The number of H-pyrrole nitrogens is 1. The topological polar surface area (TPSA) is 99.6 Å². The number of hydrogen-bond acceptors (Lipinski definition) is 3. The predicted octanol–water partition coefficient (Wildman–Crippen LogP) is 1.82. The number of carboxylic acid groups (broad SMARTS) is 2. The quantitative estimate of drug-likeness (QED) is 0.764. The smallest absolute Gasteiger partial charge is 0.311 e. The Balaban J connectivity index is 2.52. The molecule has 0 aliphatic heterocycles. The zero-order valence-electron chi connectivity index (χ0n) is 10.2. The van der Waals surface area contributed by atoms with Gasteiger partial charge in [-0.2, -0.15) is 0 Å². The zero-order chi connectivity index (χ0) is 14.0. The van der Waals surface area contributed by atoms with Gasteiger partial charge in [-0.15, -0.1) is 0 Å². The molecule has 1 heterocycles. The highest BCUT2D eigenvalue weighted by Crippen LogP contribution is 2.30. The largest absolute Gasteiger partial charge is 0.497 e. The lowest BCUT2D eigenvalue weighted by Gasteiger charge is -2.09. The molecule has 1 aromatic carbocycles. The van der Waals surface area contributed by atoms with Gasteiger partial charge in [-0.25, -0.2) is 0 Å². The zero-order valence-corrected chi connectivity index (χ0v) is 10.2. The van der Waals surface area contributed by atoms with Crippen molar-refractivity contribution >= 4 is 22.8 Å². The van der Waals surface area contributed by atoms with E-state index in [0.29, 0.717) is 16.7 Å². The second kappa shape index (κ2) is 5.01. The lowest BCUT2D eigenvalue weighted by molar-refractivity contribution is -0.145. The Morgan fingerprint density at radius 2 is 2.11 bits per heavy atom. The normalized spacial score (nSPS) is 12.3. The number of hydrogen-bond donors (Lipinski definition) is 3. The first-order chi connectivity index (χ1) is 9.02. The summed E-state index contributed by atoms with van der Waals surface area (Å²) < 4.78 is 5.09. The Bertz CT molecular complexity index is 631. The summed E-state index contributed by atoms with van der Waals surface area (Å²) in [6.45, 7) is 0. The SMILES string of the molecule is COc1ccc2[nH]cc(C(CC(=O)O)C(=O)O)c2c1. The monoisotopic (exact) mass is 263 g/mol. The summed E-state index contributed by atoms with van der Waals surface area (Å²) in [6, 6.07) is 5.20. The molecule has 0 spiro atoms. The standard InChI is InChI=1S/C13H13NO5/c1-19-7-2-3-11-8(4-7)10(6-14-11)9(13(17)18)5-12(15)16/h2-4,6,9,14H,5H2,1H3,(H,15,16)(H,17,18). The maximum atomic E-state index is 11.2. The van der Waals surface area contributed by atoms with Crippen molar-refractivity contribution in [3.63, 3.8) is 0 Å². The summed E-state index contributed by atoms with van der Waals surface area (Å²) >= 11 is 0. The van der Waals surface area contributed by atoms with E-state index >= 15 is 0 Å². The number of methoxy groups -OCH3 is 1. The molecule has 19 heavy (non-hydrogen) atoms. The number of fused-ring (bicyclic) bond motifs is 1. The molecule has 100 valence electrons. The van der Waals surface area contributed by atoms with Crippen molar-refractivity contribution < 1.29 is 24.5 Å². The summed E-state index contributed by atoms with van der Waals surface area (Å²) in [4.78, 5) is 24.9. The fraction of sp³-hybridized carbons (Fsp3) is 0.231. The minimum absolute atomic E-state index is 0.448. The van der Waals surface area contributed by atoms with Crippen LogP contribution < -0.4 is 4.74 Å². The lowest BCUT2D eigenvalue weighted by Crippen LogP contribution is -2.15. The molecule has 0 saturated heterocycles. The molecule has 0 bridgehead atoms. The fourth-order valence-corrected chi connectivity index (χ4v) is 2.04. The van der Waals surface area contributed by atoms with E-state index in [9.17, 15) is 14.7 Å². The number of aromatic amines is 1. The van der Waals surface area contributed by atoms with Gasteiger partial charge in [0.15, 0.2) is 0 Å². The number of ether oxygens (including phenoxy) is 1. The maximum Gasteiger partial charge on any atom is 0.311 e. The molecule has 2 aromatic rings. The summed E-state index contributed by atoms with van der Waals surface area (Å²) in [5.41, 5.74) is 1.19. The molecule has 0 aliphatic carbocycles. The van der Waals surface area contributed by atoms with Gasteiger partial charge in [-0.05, 0) is 23.8 Å². The van der Waals surface area contributed by atoms with Crippen molar-refractivity contribution in [2.24, 2.45) is 0 Å². The minimum Gasteiger partial charge on any atom is -0.497 e. The van der Waals surface area contributed by atoms with Crippen LogP contribution in [0.4, 0.5) is 0 Å². The molecule has 0 aliphatic rings. The summed E-state index contributed by atoms with van der Waals surface area (Å²) in [6.07, 6.45) is 1.07. The van der Waals surface area contributed by atoms with Crippen LogP contribution in [0.5, 0.6) is 5.75 Å². The average molecular weight is 263 g/mol. The molecule has 0 saturated carbocycles. The van der Waals surface area contributed by atoms with Gasteiger partial charge < -0.3 is 19.9 Å². The van der Waals surface area contributed by atoms with Crippen molar-refractivity contribution in [2.45, 2.75) is 12.3 Å². The van der Waals surface area contributed by atoms with Crippen LogP contribution in [0.1, 0.15) is 17.9 Å². The van der Waals surface area contributed by atoms with Crippen molar-refractivity contribution in [1.82, 2.24) is 4.98 Å². The van der Waals surface area contributed by atoms with Crippen LogP contribution >= 0.6 is 0 Å². The molecular formula is C13H13NO5. The molecule has 1 atom stereocenters. The highest BCUT2D eigenvalue weighted by atomic mass is 16.5. The Labute approximate surface area is 108 Å². The highest BCUT2D eigenvalue weighted by molar-refractivity contribution is 5.92. The van der Waals surface area contributed by atoms with E-state index in [1.54, 1.807) is 18.2 Å². The van der Waals surface area contributed by atoms with Gasteiger partial charge in [-0.3, -0.25) is 9.59 Å². The van der Waals surface area contributed by atoms with Crippen LogP contribution in [0.25, 0.3) is 10.9 Å². The Morgan fingerprint density at radius 1 is 1.37 bits per heavy atom. The van der Waals surface area contributed by atoms with Gasteiger partial charge in [0.2, 0.25) is 0 Å². The van der Waals surface area contributed by atoms with E-state index in [1.807, 2.05) is 0 Å². The molecule has 0 amide bonds. The molecule has 0 fully saturated rings. The van der Waals surface area contributed by atoms with Crippen molar-refractivity contribution in [3.8, 4) is 5.75 Å². The fourth-order valence-electron chi connectivity index (χ4n) is 2.04. The summed E-state index contributed by atoms with van der Waals surface area (Å²) in [7, 11) is 1.51. The van der Waals surface area contributed by atoms with Crippen LogP contribution in [0.15, 0.2) is 24.4 Å². The van der Waals surface area contributed by atoms with E-state index in [-0.39, 0.29) is 0 Å². The van der Waals surface area contributed by atoms with E-state index < -0.39 is 24.3 Å². The number of carbonyl (C=O) groups is 2. The van der Waals surface area contributed by atoms with E-state index in [0.717, 1.165) is 5.52 Å². The molecule has 1 aromatic heterocycles. The van der Waals surface area contributed by atoms with Crippen LogP contribution in [-0.2, 0) is 9.59 Å². The van der Waals surface area contributed by atoms with Crippen molar-refractivity contribution in [1.29, 1.82) is 0 Å². The molecule has 0 radical (unpaired) electrons. The highest BCUT2D eigenvalue weighted by Gasteiger charge is 2.25. The molecule has 6 nitrogen and oxygen atoms in total. The molecule has 1 unspecified atom stereocenters. The molecular weight excluding hydrogens is 250 g/mol. The van der Waals surface area contributed by atoms with Gasteiger partial charge in [-0.1, -0.05) is 0 Å². The van der Waals surface area contributed by atoms with Crippen LogP contribution in [-0.4, -0.2) is 34.2 Å². The van der Waals surface area contributed by atoms with Gasteiger partial charge in [0.05, 0.1) is 19.4 Å². The molecule has 2 rings (SSSR count). The first kappa shape index (κ1) is 12.9. The predicted molar refractivity (Wildman–Crippen MR) is 67.5 cm³/mol. The molecule has 6 heteroatoms. The number of carboxylic acids is 2. The third-order valence-electron chi connectivity index (χ3n) is 2.97. The first-order valence-electron chi connectivity index (χ1n) is 5.62. The summed E-state index contributed by atoms with van der Waals surface area (Å²) in [5.74, 6) is -2.80. The number of benzene rings is 1. The van der Waals surface area contributed by atoms with E-state index in [1.165, 1.54) is 13.3 Å². The van der Waals surface area contributed by atoms with Gasteiger partial charge in [0.1, 0.15) is 5.75 Å². The second-order valence-corrected chi connectivity index (χ2v) is 4.14. The van der Waals surface area contributed by atoms with Gasteiger partial charge >= 0.3 is 11.9 Å². The van der Waals surface area contributed by atoms with Gasteiger partial charge in [0, 0.05) is 17.1 Å². The minimum atomic E-state index is -1.16. The maximum absolute atomic E-state index is 11.2. The van der Waals surface area contributed by atoms with Crippen LogP contribution in [0.3, 0.4) is 0 Å². The Hall–Kier alpha value is -2.50. The lowest BCUT2D eigenvalue weighted by atomic mass is 9.95. The van der Waals surface area contributed by atoms with Crippen molar-refractivity contribution in [2.75, 3.05) is 7.11 Å². The van der Waals surface area contributed by atoms with Crippen molar-refractivity contribution in [3.05, 3.63) is 30.0 Å². The van der Waals surface area contributed by atoms with E-state index in [4.69, 9.17) is 9.84 Å².